The van der Waals surface area contributed by atoms with Gasteiger partial charge in [0, 0.05) is 12.5 Å². The van der Waals surface area contributed by atoms with Crippen LogP contribution in [-0.2, 0) is 14.3 Å². The lowest BCUT2D eigenvalue weighted by molar-refractivity contribution is -0.123. The predicted molar refractivity (Wildman–Crippen MR) is 55.8 cm³/mol. The third kappa shape index (κ3) is 3.98. The lowest BCUT2D eigenvalue weighted by Gasteiger charge is -2.29. The zero-order valence-corrected chi connectivity index (χ0v) is 9.27. The Balaban J connectivity index is 2.33. The molecule has 0 bridgehead atoms. The molecule has 0 spiro atoms. The third-order valence-corrected chi connectivity index (χ3v) is 2.53. The molecule has 0 aromatic heterocycles. The highest BCUT2D eigenvalue weighted by Crippen LogP contribution is 2.13. The molecule has 90 valence electrons. The summed E-state index contributed by atoms with van der Waals surface area (Å²) < 4.78 is 4.31. The van der Waals surface area contributed by atoms with Crippen molar-refractivity contribution in [3.63, 3.8) is 0 Å². The summed E-state index contributed by atoms with van der Waals surface area (Å²) in [5.41, 5.74) is 0. The fourth-order valence-corrected chi connectivity index (χ4v) is 1.75. The normalized spacial score (nSPS) is 21.2. The average molecular weight is 228 g/mol. The van der Waals surface area contributed by atoms with Crippen LogP contribution in [0.25, 0.3) is 0 Å². The molecule has 6 heteroatoms. The Bertz CT molecular complexity index is 280. The van der Waals surface area contributed by atoms with Gasteiger partial charge in [-0.2, -0.15) is 0 Å². The molecule has 0 saturated carbocycles. The van der Waals surface area contributed by atoms with E-state index < -0.39 is 12.0 Å². The number of methoxy groups -OCH3 is 1. The number of hydrogen-bond acceptors (Lipinski definition) is 5. The SMILES string of the molecule is COC(=O)NC(=O)CN1CCCC(C=O)C1. The maximum absolute atomic E-state index is 11.3. The summed E-state index contributed by atoms with van der Waals surface area (Å²) in [6.07, 6.45) is 1.94. The van der Waals surface area contributed by atoms with Crippen LogP contribution in [0.4, 0.5) is 4.79 Å². The molecule has 1 saturated heterocycles. The standard InChI is InChI=1S/C10H16N2O4/c1-16-10(15)11-9(14)6-12-4-2-3-8(5-12)7-13/h7-8H,2-6H2,1H3,(H,11,14,15). The fourth-order valence-electron chi connectivity index (χ4n) is 1.75. The first kappa shape index (κ1) is 12.6. The summed E-state index contributed by atoms with van der Waals surface area (Å²) in [4.78, 5) is 34.6. The number of amides is 2. The average Bonchev–Trinajstić information content (AvgIpc) is 2.28. The Morgan fingerprint density at radius 3 is 2.94 bits per heavy atom. The monoisotopic (exact) mass is 228 g/mol. The minimum Gasteiger partial charge on any atom is -0.453 e. The molecular weight excluding hydrogens is 212 g/mol. The molecule has 0 radical (unpaired) electrons. The van der Waals surface area contributed by atoms with Gasteiger partial charge in [-0.15, -0.1) is 0 Å². The molecule has 1 aliphatic heterocycles. The number of carbonyl (C=O) groups excluding carboxylic acids is 3. The molecule has 1 atom stereocenters. The number of aldehydes is 1. The quantitative estimate of drug-likeness (QED) is 0.676. The van der Waals surface area contributed by atoms with Gasteiger partial charge in [-0.1, -0.05) is 0 Å². The molecule has 0 aromatic rings. The second kappa shape index (κ2) is 6.22. The van der Waals surface area contributed by atoms with Crippen molar-refractivity contribution >= 4 is 18.3 Å². The van der Waals surface area contributed by atoms with Crippen molar-refractivity contribution in [1.29, 1.82) is 0 Å². The van der Waals surface area contributed by atoms with Crippen molar-refractivity contribution in [3.05, 3.63) is 0 Å². The van der Waals surface area contributed by atoms with E-state index in [9.17, 15) is 14.4 Å². The van der Waals surface area contributed by atoms with E-state index in [1.54, 1.807) is 0 Å². The fraction of sp³-hybridized carbons (Fsp3) is 0.700. The molecular formula is C10H16N2O4. The summed E-state index contributed by atoms with van der Waals surface area (Å²) in [7, 11) is 1.20. The number of carbonyl (C=O) groups is 3. The highest BCUT2D eigenvalue weighted by Gasteiger charge is 2.21. The van der Waals surface area contributed by atoms with Gasteiger partial charge in [0.1, 0.15) is 6.29 Å². The Labute approximate surface area is 93.9 Å². The van der Waals surface area contributed by atoms with Gasteiger partial charge in [0.25, 0.3) is 0 Å². The summed E-state index contributed by atoms with van der Waals surface area (Å²) >= 11 is 0. The first-order valence-electron chi connectivity index (χ1n) is 5.21. The number of imide groups is 1. The maximum Gasteiger partial charge on any atom is 0.413 e. The molecule has 1 N–H and O–H groups in total. The zero-order chi connectivity index (χ0) is 12.0. The van der Waals surface area contributed by atoms with Crippen LogP contribution in [0.5, 0.6) is 0 Å². The Hall–Kier alpha value is -1.43. The Kier molecular flexibility index (Phi) is 4.91. The van der Waals surface area contributed by atoms with Gasteiger partial charge < -0.3 is 9.53 Å². The van der Waals surface area contributed by atoms with Crippen LogP contribution in [0.2, 0.25) is 0 Å². The number of ether oxygens (including phenoxy) is 1. The largest absolute Gasteiger partial charge is 0.453 e. The lowest BCUT2D eigenvalue weighted by Crippen LogP contribution is -2.44. The molecule has 6 nitrogen and oxygen atoms in total. The molecule has 2 amide bonds. The van der Waals surface area contributed by atoms with Gasteiger partial charge >= 0.3 is 6.09 Å². The van der Waals surface area contributed by atoms with Crippen LogP contribution in [-0.4, -0.2) is 49.9 Å². The molecule has 1 unspecified atom stereocenters. The molecule has 1 aliphatic rings. The van der Waals surface area contributed by atoms with E-state index >= 15 is 0 Å². The van der Waals surface area contributed by atoms with E-state index in [1.807, 2.05) is 4.90 Å². The van der Waals surface area contributed by atoms with Crippen molar-refractivity contribution in [2.24, 2.45) is 5.92 Å². The molecule has 0 aromatic carbocycles. The van der Waals surface area contributed by atoms with Crippen molar-refractivity contribution in [1.82, 2.24) is 10.2 Å². The van der Waals surface area contributed by atoms with E-state index in [1.165, 1.54) is 7.11 Å². The molecule has 1 rings (SSSR count). The maximum atomic E-state index is 11.3. The number of piperidine rings is 1. The van der Waals surface area contributed by atoms with Gasteiger partial charge in [-0.3, -0.25) is 15.0 Å². The second-order valence-electron chi connectivity index (χ2n) is 3.81. The Morgan fingerprint density at radius 2 is 2.31 bits per heavy atom. The van der Waals surface area contributed by atoms with Gasteiger partial charge in [-0.25, -0.2) is 4.79 Å². The van der Waals surface area contributed by atoms with Crippen molar-refractivity contribution in [2.75, 3.05) is 26.7 Å². The topological polar surface area (TPSA) is 75.7 Å². The number of likely N-dealkylation sites (tertiary alicyclic amines) is 1. The number of hydrogen-bond donors (Lipinski definition) is 1. The summed E-state index contributed by atoms with van der Waals surface area (Å²) in [6.45, 7) is 1.48. The number of nitrogens with one attached hydrogen (secondary N) is 1. The van der Waals surface area contributed by atoms with Crippen LogP contribution in [0, 0.1) is 5.92 Å². The van der Waals surface area contributed by atoms with Crippen molar-refractivity contribution < 1.29 is 19.1 Å². The van der Waals surface area contributed by atoms with E-state index in [4.69, 9.17) is 0 Å². The van der Waals surface area contributed by atoms with Crippen LogP contribution >= 0.6 is 0 Å². The Morgan fingerprint density at radius 1 is 1.56 bits per heavy atom. The van der Waals surface area contributed by atoms with E-state index in [-0.39, 0.29) is 12.5 Å². The summed E-state index contributed by atoms with van der Waals surface area (Å²) in [5.74, 6) is -0.405. The second-order valence-corrected chi connectivity index (χ2v) is 3.81. The number of nitrogens with zero attached hydrogens (tertiary/aromatic N) is 1. The van der Waals surface area contributed by atoms with Crippen LogP contribution in [0.1, 0.15) is 12.8 Å². The van der Waals surface area contributed by atoms with Crippen LogP contribution < -0.4 is 5.32 Å². The lowest BCUT2D eigenvalue weighted by atomic mass is 10.00. The first-order valence-corrected chi connectivity index (χ1v) is 5.21. The zero-order valence-electron chi connectivity index (χ0n) is 9.27. The molecule has 1 heterocycles. The van der Waals surface area contributed by atoms with Gasteiger partial charge in [-0.05, 0) is 19.4 Å². The number of rotatable bonds is 3. The molecule has 0 aliphatic carbocycles. The van der Waals surface area contributed by atoms with Gasteiger partial charge in [0.05, 0.1) is 13.7 Å². The third-order valence-electron chi connectivity index (χ3n) is 2.53. The highest BCUT2D eigenvalue weighted by atomic mass is 16.5. The van der Waals surface area contributed by atoms with Crippen LogP contribution in [0.15, 0.2) is 0 Å². The van der Waals surface area contributed by atoms with Gasteiger partial charge in [0.2, 0.25) is 5.91 Å². The van der Waals surface area contributed by atoms with Crippen molar-refractivity contribution in [3.8, 4) is 0 Å². The van der Waals surface area contributed by atoms with Crippen molar-refractivity contribution in [2.45, 2.75) is 12.8 Å². The van der Waals surface area contributed by atoms with E-state index in [2.05, 4.69) is 10.1 Å². The first-order chi connectivity index (χ1) is 7.65. The number of alkyl carbamates (subject to hydrolysis) is 1. The summed E-state index contributed by atoms with van der Waals surface area (Å²) in [6, 6.07) is 0. The van der Waals surface area contributed by atoms with Gasteiger partial charge in [0.15, 0.2) is 0 Å². The minimum atomic E-state index is -0.756. The molecule has 16 heavy (non-hydrogen) atoms. The highest BCUT2D eigenvalue weighted by molar-refractivity contribution is 5.92. The smallest absolute Gasteiger partial charge is 0.413 e. The van der Waals surface area contributed by atoms with Crippen LogP contribution in [0.3, 0.4) is 0 Å². The predicted octanol–water partition coefficient (Wildman–Crippen LogP) is -0.220. The van der Waals surface area contributed by atoms with E-state index in [0.717, 1.165) is 25.7 Å². The van der Waals surface area contributed by atoms with E-state index in [0.29, 0.717) is 6.54 Å². The summed E-state index contributed by atoms with van der Waals surface area (Å²) in [5, 5.41) is 2.08. The molecule has 1 fully saturated rings. The minimum absolute atomic E-state index is 0.000299.